The molecule has 1 rings (SSSR count). The van der Waals surface area contributed by atoms with Gasteiger partial charge >= 0.3 is 0 Å². The lowest BCUT2D eigenvalue weighted by Gasteiger charge is -2.18. The third-order valence-corrected chi connectivity index (χ3v) is 3.53. The Morgan fingerprint density at radius 2 is 2.05 bits per heavy atom. The molecule has 0 aromatic heterocycles. The minimum absolute atomic E-state index is 0.608. The molecule has 1 unspecified atom stereocenters. The number of benzene rings is 1. The molecule has 2 nitrogen and oxygen atoms in total. The molecular weight excluding hydrogens is 270 g/mol. The van der Waals surface area contributed by atoms with Gasteiger partial charge in [0.25, 0.3) is 0 Å². The van der Waals surface area contributed by atoms with Gasteiger partial charge in [-0.05, 0) is 62.4 Å². The fourth-order valence-corrected chi connectivity index (χ4v) is 2.47. The molecule has 1 aromatic carbocycles. The van der Waals surface area contributed by atoms with Gasteiger partial charge in [-0.2, -0.15) is 0 Å². The summed E-state index contributed by atoms with van der Waals surface area (Å²) >= 11 is 6.06. The summed E-state index contributed by atoms with van der Waals surface area (Å²) in [6.45, 7) is 8.20. The Labute approximate surface area is 128 Å². The lowest BCUT2D eigenvalue weighted by Crippen LogP contribution is -2.26. The van der Waals surface area contributed by atoms with E-state index in [9.17, 15) is 0 Å². The summed E-state index contributed by atoms with van der Waals surface area (Å²) in [5.74, 6) is 0.608. The van der Waals surface area contributed by atoms with Crippen molar-refractivity contribution in [3.8, 4) is 0 Å². The molecule has 1 atom stereocenters. The number of ether oxygens (including phenoxy) is 1. The van der Waals surface area contributed by atoms with E-state index in [0.29, 0.717) is 5.92 Å². The zero-order valence-corrected chi connectivity index (χ0v) is 13.6. The van der Waals surface area contributed by atoms with Crippen LogP contribution in [0, 0.1) is 5.92 Å². The average Bonchev–Trinajstić information content (AvgIpc) is 2.43. The van der Waals surface area contributed by atoms with Crippen LogP contribution in [0.2, 0.25) is 5.02 Å². The molecule has 0 saturated heterocycles. The van der Waals surface area contributed by atoms with E-state index in [4.69, 9.17) is 16.3 Å². The van der Waals surface area contributed by atoms with Crippen molar-refractivity contribution < 1.29 is 4.74 Å². The van der Waals surface area contributed by atoms with Crippen molar-refractivity contribution in [3.05, 3.63) is 34.9 Å². The fraction of sp³-hybridized carbons (Fsp3) is 0.647. The molecule has 0 aliphatic carbocycles. The first-order valence-corrected chi connectivity index (χ1v) is 8.17. The Balaban J connectivity index is 2.43. The first kappa shape index (κ1) is 17.5. The number of hydrogen-bond donors (Lipinski definition) is 1. The van der Waals surface area contributed by atoms with Crippen LogP contribution in [0.5, 0.6) is 0 Å². The number of rotatable bonds is 11. The number of hydrogen-bond acceptors (Lipinski definition) is 2. The van der Waals surface area contributed by atoms with E-state index >= 15 is 0 Å². The van der Waals surface area contributed by atoms with E-state index in [-0.39, 0.29) is 0 Å². The second-order valence-corrected chi connectivity index (χ2v) is 5.74. The molecule has 0 saturated carbocycles. The average molecular weight is 298 g/mol. The van der Waals surface area contributed by atoms with Crippen molar-refractivity contribution in [1.82, 2.24) is 5.32 Å². The van der Waals surface area contributed by atoms with Gasteiger partial charge in [0.05, 0.1) is 0 Å². The molecule has 1 aromatic rings. The summed E-state index contributed by atoms with van der Waals surface area (Å²) in [6.07, 6.45) is 4.43. The van der Waals surface area contributed by atoms with E-state index < -0.39 is 0 Å². The zero-order chi connectivity index (χ0) is 14.6. The van der Waals surface area contributed by atoms with E-state index in [1.165, 1.54) is 12.0 Å². The molecule has 114 valence electrons. The largest absolute Gasteiger partial charge is 0.381 e. The maximum atomic E-state index is 6.06. The van der Waals surface area contributed by atoms with Crippen molar-refractivity contribution in [3.63, 3.8) is 0 Å². The Morgan fingerprint density at radius 3 is 2.75 bits per heavy atom. The third kappa shape index (κ3) is 7.88. The van der Waals surface area contributed by atoms with Crippen LogP contribution < -0.4 is 5.32 Å². The molecule has 0 radical (unpaired) electrons. The number of nitrogens with one attached hydrogen (secondary N) is 1. The summed E-state index contributed by atoms with van der Waals surface area (Å²) in [6, 6.07) is 8.19. The van der Waals surface area contributed by atoms with Gasteiger partial charge in [-0.1, -0.05) is 37.6 Å². The van der Waals surface area contributed by atoms with Crippen LogP contribution in [0.4, 0.5) is 0 Å². The van der Waals surface area contributed by atoms with E-state index in [1.807, 2.05) is 12.1 Å². The maximum Gasteiger partial charge on any atom is 0.0469 e. The lowest BCUT2D eigenvalue weighted by molar-refractivity contribution is 0.120. The molecular formula is C17H28ClNO. The normalized spacial score (nSPS) is 12.6. The summed E-state index contributed by atoms with van der Waals surface area (Å²) in [5.41, 5.74) is 1.32. The van der Waals surface area contributed by atoms with Gasteiger partial charge in [0.2, 0.25) is 0 Å². The van der Waals surface area contributed by atoms with Crippen LogP contribution in [0.1, 0.15) is 38.7 Å². The third-order valence-electron chi connectivity index (χ3n) is 3.29. The summed E-state index contributed by atoms with van der Waals surface area (Å²) in [7, 11) is 0. The van der Waals surface area contributed by atoms with Gasteiger partial charge in [-0.25, -0.2) is 0 Å². The molecule has 3 heteroatoms. The van der Waals surface area contributed by atoms with Crippen molar-refractivity contribution in [2.75, 3.05) is 26.3 Å². The second-order valence-electron chi connectivity index (χ2n) is 5.31. The smallest absolute Gasteiger partial charge is 0.0469 e. The molecule has 0 aliphatic rings. The Kier molecular flexibility index (Phi) is 9.73. The summed E-state index contributed by atoms with van der Waals surface area (Å²) < 4.78 is 5.63. The Morgan fingerprint density at radius 1 is 1.20 bits per heavy atom. The molecule has 1 N–H and O–H groups in total. The maximum absolute atomic E-state index is 6.06. The molecule has 0 fully saturated rings. The van der Waals surface area contributed by atoms with Crippen LogP contribution in [0.25, 0.3) is 0 Å². The van der Waals surface area contributed by atoms with E-state index in [0.717, 1.165) is 50.6 Å². The molecule has 0 heterocycles. The van der Waals surface area contributed by atoms with Crippen LogP contribution >= 0.6 is 11.6 Å². The fourth-order valence-electron chi connectivity index (χ4n) is 2.25. The highest BCUT2D eigenvalue weighted by Gasteiger charge is 2.10. The zero-order valence-electron chi connectivity index (χ0n) is 12.8. The monoisotopic (exact) mass is 297 g/mol. The molecule has 0 spiro atoms. The standard InChI is InChI=1S/C17H28ClNO/c1-3-9-19-14-16(8-11-20-10-4-2)12-15-6-5-7-17(18)13-15/h5-7,13,16,19H,3-4,8-12,14H2,1-2H3. The predicted octanol–water partition coefficient (Wildman–Crippen LogP) is 4.32. The van der Waals surface area contributed by atoms with Gasteiger partial charge in [0, 0.05) is 18.2 Å². The predicted molar refractivity (Wildman–Crippen MR) is 87.5 cm³/mol. The molecule has 0 amide bonds. The SMILES string of the molecule is CCCNCC(CCOCCC)Cc1cccc(Cl)c1. The quantitative estimate of drug-likeness (QED) is 0.614. The topological polar surface area (TPSA) is 21.3 Å². The minimum Gasteiger partial charge on any atom is -0.381 e. The van der Waals surface area contributed by atoms with Crippen molar-refractivity contribution >= 4 is 11.6 Å². The minimum atomic E-state index is 0.608. The first-order valence-electron chi connectivity index (χ1n) is 7.79. The van der Waals surface area contributed by atoms with Crippen LogP contribution in [-0.2, 0) is 11.2 Å². The van der Waals surface area contributed by atoms with Crippen LogP contribution in [0.3, 0.4) is 0 Å². The highest BCUT2D eigenvalue weighted by Crippen LogP contribution is 2.16. The van der Waals surface area contributed by atoms with Gasteiger partial charge in [-0.3, -0.25) is 0 Å². The molecule has 20 heavy (non-hydrogen) atoms. The van der Waals surface area contributed by atoms with E-state index in [1.54, 1.807) is 0 Å². The van der Waals surface area contributed by atoms with Crippen molar-refractivity contribution in [1.29, 1.82) is 0 Å². The molecule has 0 aliphatic heterocycles. The van der Waals surface area contributed by atoms with Gasteiger partial charge in [0.1, 0.15) is 0 Å². The van der Waals surface area contributed by atoms with Gasteiger partial charge in [-0.15, -0.1) is 0 Å². The van der Waals surface area contributed by atoms with Crippen LogP contribution in [0.15, 0.2) is 24.3 Å². The second kappa shape index (κ2) is 11.1. The highest BCUT2D eigenvalue weighted by atomic mass is 35.5. The summed E-state index contributed by atoms with van der Waals surface area (Å²) in [4.78, 5) is 0. The number of halogens is 1. The Hall–Kier alpha value is -0.570. The van der Waals surface area contributed by atoms with Crippen molar-refractivity contribution in [2.45, 2.75) is 39.5 Å². The van der Waals surface area contributed by atoms with Crippen molar-refractivity contribution in [2.24, 2.45) is 5.92 Å². The lowest BCUT2D eigenvalue weighted by atomic mass is 9.96. The van der Waals surface area contributed by atoms with Gasteiger partial charge < -0.3 is 10.1 Å². The van der Waals surface area contributed by atoms with E-state index in [2.05, 4.69) is 31.3 Å². The summed E-state index contributed by atoms with van der Waals surface area (Å²) in [5, 5.41) is 4.35. The first-order chi connectivity index (χ1) is 9.76. The van der Waals surface area contributed by atoms with Gasteiger partial charge in [0.15, 0.2) is 0 Å². The highest BCUT2D eigenvalue weighted by molar-refractivity contribution is 6.30. The van der Waals surface area contributed by atoms with Crippen LogP contribution in [-0.4, -0.2) is 26.3 Å². The Bertz CT molecular complexity index is 357. The molecule has 0 bridgehead atoms.